The van der Waals surface area contributed by atoms with Crippen LogP contribution in [0.15, 0.2) is 96.2 Å². The largest absolute Gasteiger partial charge is 0.304 e. The van der Waals surface area contributed by atoms with Crippen molar-refractivity contribution in [3.05, 3.63) is 125 Å². The Morgan fingerprint density at radius 3 is 2.49 bits per heavy atom. The number of carbonyl (C=O) groups is 1. The standard InChI is InChI=1S/C30H27FN4O3S/c1-21-32-18-23(19-33-21)20-35(30(36)16-7-22-5-3-2-4-6-22)26-12-8-24-9-15-29(28(24)17-26)34-39(37,38)27-13-10-25(31)11-14-27/h2-8,10-14,16-19,29,34H,9,15,20H2,1H3/b16-7+. The van der Waals surface area contributed by atoms with E-state index in [9.17, 15) is 17.6 Å². The van der Waals surface area contributed by atoms with E-state index in [2.05, 4.69) is 14.7 Å². The first-order chi connectivity index (χ1) is 18.8. The normalized spacial score (nSPS) is 14.9. The summed E-state index contributed by atoms with van der Waals surface area (Å²) < 4.78 is 42.1. The second kappa shape index (κ2) is 11.3. The van der Waals surface area contributed by atoms with Crippen molar-refractivity contribution in [2.45, 2.75) is 37.2 Å². The number of fused-ring (bicyclic) bond motifs is 1. The third-order valence-corrected chi connectivity index (χ3v) is 8.09. The van der Waals surface area contributed by atoms with Crippen molar-refractivity contribution in [3.8, 4) is 0 Å². The molecule has 9 heteroatoms. The predicted octanol–water partition coefficient (Wildman–Crippen LogP) is 5.14. The Labute approximate surface area is 227 Å². The first-order valence-corrected chi connectivity index (χ1v) is 14.0. The average Bonchev–Trinajstić information content (AvgIpc) is 3.33. The zero-order chi connectivity index (χ0) is 27.4. The molecule has 198 valence electrons. The fraction of sp³-hybridized carbons (Fsp3) is 0.167. The molecule has 1 aliphatic rings. The summed E-state index contributed by atoms with van der Waals surface area (Å²) >= 11 is 0. The van der Waals surface area contributed by atoms with Gasteiger partial charge in [-0.1, -0.05) is 36.4 Å². The molecular formula is C30H27FN4O3S. The molecule has 1 atom stereocenters. The highest BCUT2D eigenvalue weighted by Crippen LogP contribution is 2.35. The summed E-state index contributed by atoms with van der Waals surface area (Å²) in [6, 6.07) is 19.5. The van der Waals surface area contributed by atoms with Gasteiger partial charge in [0, 0.05) is 35.8 Å². The number of amides is 1. The Balaban J connectivity index is 1.45. The van der Waals surface area contributed by atoms with Gasteiger partial charge in [0.2, 0.25) is 10.0 Å². The van der Waals surface area contributed by atoms with Gasteiger partial charge in [-0.2, -0.15) is 0 Å². The highest BCUT2D eigenvalue weighted by atomic mass is 32.2. The van der Waals surface area contributed by atoms with Crippen LogP contribution in [0.1, 0.15) is 40.5 Å². The van der Waals surface area contributed by atoms with Crippen molar-refractivity contribution in [2.75, 3.05) is 4.90 Å². The van der Waals surface area contributed by atoms with Crippen molar-refractivity contribution in [1.29, 1.82) is 0 Å². The number of benzene rings is 3. The van der Waals surface area contributed by atoms with E-state index < -0.39 is 21.9 Å². The molecule has 1 unspecified atom stereocenters. The number of hydrogen-bond acceptors (Lipinski definition) is 5. The molecule has 1 N–H and O–H groups in total. The molecule has 0 saturated carbocycles. The van der Waals surface area contributed by atoms with Crippen molar-refractivity contribution in [2.24, 2.45) is 0 Å². The number of aromatic nitrogens is 2. The number of nitrogens with zero attached hydrogens (tertiary/aromatic N) is 3. The maximum Gasteiger partial charge on any atom is 0.251 e. The van der Waals surface area contributed by atoms with E-state index in [0.717, 1.165) is 34.4 Å². The third kappa shape index (κ3) is 6.27. The summed E-state index contributed by atoms with van der Waals surface area (Å²) in [5, 5.41) is 0. The minimum absolute atomic E-state index is 0.00395. The van der Waals surface area contributed by atoms with Gasteiger partial charge in [-0.15, -0.1) is 0 Å². The second-order valence-corrected chi connectivity index (χ2v) is 11.1. The summed E-state index contributed by atoms with van der Waals surface area (Å²) in [5.74, 6) is -0.106. The van der Waals surface area contributed by atoms with Crippen LogP contribution in [0.3, 0.4) is 0 Å². The van der Waals surface area contributed by atoms with Gasteiger partial charge in [-0.25, -0.2) is 27.5 Å². The number of hydrogen-bond donors (Lipinski definition) is 1. The summed E-state index contributed by atoms with van der Waals surface area (Å²) in [5.41, 5.74) is 4.11. The van der Waals surface area contributed by atoms with Crippen molar-refractivity contribution in [1.82, 2.24) is 14.7 Å². The van der Waals surface area contributed by atoms with E-state index in [-0.39, 0.29) is 17.3 Å². The Morgan fingerprint density at radius 1 is 1.05 bits per heavy atom. The van der Waals surface area contributed by atoms with Gasteiger partial charge in [-0.3, -0.25) is 4.79 Å². The zero-order valence-electron chi connectivity index (χ0n) is 21.3. The molecule has 0 saturated heterocycles. The van der Waals surface area contributed by atoms with Crippen LogP contribution in [0.4, 0.5) is 10.1 Å². The van der Waals surface area contributed by atoms with Crippen LogP contribution in [-0.2, 0) is 27.8 Å². The lowest BCUT2D eigenvalue weighted by Crippen LogP contribution is -2.30. The lowest BCUT2D eigenvalue weighted by molar-refractivity contribution is -0.114. The first-order valence-electron chi connectivity index (χ1n) is 12.5. The lowest BCUT2D eigenvalue weighted by atomic mass is 10.1. The van der Waals surface area contributed by atoms with E-state index >= 15 is 0 Å². The van der Waals surface area contributed by atoms with Crippen LogP contribution >= 0.6 is 0 Å². The Hall–Kier alpha value is -4.21. The topological polar surface area (TPSA) is 92.3 Å². The van der Waals surface area contributed by atoms with Crippen LogP contribution in [0, 0.1) is 12.7 Å². The molecular weight excluding hydrogens is 515 g/mol. The highest BCUT2D eigenvalue weighted by molar-refractivity contribution is 7.89. The molecule has 1 heterocycles. The van der Waals surface area contributed by atoms with E-state index in [1.165, 1.54) is 18.2 Å². The number of sulfonamides is 1. The number of anilines is 1. The van der Waals surface area contributed by atoms with Crippen LogP contribution < -0.4 is 9.62 Å². The number of halogens is 1. The van der Waals surface area contributed by atoms with Gasteiger partial charge in [0.25, 0.3) is 5.91 Å². The van der Waals surface area contributed by atoms with Crippen molar-refractivity contribution >= 4 is 27.7 Å². The highest BCUT2D eigenvalue weighted by Gasteiger charge is 2.29. The SMILES string of the molecule is Cc1ncc(CN(C(=O)/C=C/c2ccccc2)c2ccc3c(c2)C(NS(=O)(=O)c2ccc(F)cc2)CC3)cn1. The molecule has 0 spiro atoms. The lowest BCUT2D eigenvalue weighted by Gasteiger charge is -2.23. The minimum Gasteiger partial charge on any atom is -0.304 e. The van der Waals surface area contributed by atoms with Gasteiger partial charge < -0.3 is 4.90 Å². The van der Waals surface area contributed by atoms with Gasteiger partial charge in [0.05, 0.1) is 11.4 Å². The molecule has 7 nitrogen and oxygen atoms in total. The number of carbonyl (C=O) groups excluding carboxylic acids is 1. The minimum atomic E-state index is -3.87. The summed E-state index contributed by atoms with van der Waals surface area (Å²) in [6.45, 7) is 2.03. The van der Waals surface area contributed by atoms with E-state index in [1.54, 1.807) is 30.3 Å². The maximum absolute atomic E-state index is 13.5. The van der Waals surface area contributed by atoms with Crippen molar-refractivity contribution < 1.29 is 17.6 Å². The maximum atomic E-state index is 13.5. The fourth-order valence-corrected chi connectivity index (χ4v) is 5.80. The van der Waals surface area contributed by atoms with E-state index in [4.69, 9.17) is 0 Å². The van der Waals surface area contributed by atoms with Crippen LogP contribution in [-0.4, -0.2) is 24.3 Å². The van der Waals surface area contributed by atoms with Gasteiger partial charge in [-0.05, 0) is 78.9 Å². The molecule has 4 aromatic rings. The summed E-state index contributed by atoms with van der Waals surface area (Å²) in [6.07, 6.45) is 7.93. The van der Waals surface area contributed by atoms with Gasteiger partial charge in [0.1, 0.15) is 11.6 Å². The predicted molar refractivity (Wildman–Crippen MR) is 148 cm³/mol. The molecule has 1 aliphatic carbocycles. The molecule has 0 fully saturated rings. The number of nitrogens with one attached hydrogen (secondary N) is 1. The number of rotatable bonds is 8. The smallest absolute Gasteiger partial charge is 0.251 e. The Morgan fingerprint density at radius 2 is 1.77 bits per heavy atom. The molecule has 0 radical (unpaired) electrons. The van der Waals surface area contributed by atoms with Crippen LogP contribution in [0.25, 0.3) is 6.08 Å². The molecule has 1 amide bonds. The quantitative estimate of drug-likeness (QED) is 0.312. The molecule has 1 aromatic heterocycles. The average molecular weight is 543 g/mol. The van der Waals surface area contributed by atoms with Crippen molar-refractivity contribution in [3.63, 3.8) is 0 Å². The van der Waals surface area contributed by atoms with Crippen LogP contribution in [0.2, 0.25) is 0 Å². The van der Waals surface area contributed by atoms with Gasteiger partial charge in [0.15, 0.2) is 0 Å². The third-order valence-electron chi connectivity index (χ3n) is 6.60. The number of aryl methyl sites for hydroxylation is 2. The monoisotopic (exact) mass is 542 g/mol. The zero-order valence-corrected chi connectivity index (χ0v) is 22.1. The fourth-order valence-electron chi connectivity index (χ4n) is 4.55. The molecule has 0 aliphatic heterocycles. The summed E-state index contributed by atoms with van der Waals surface area (Å²) in [4.78, 5) is 23.6. The Kier molecular flexibility index (Phi) is 7.63. The molecule has 5 rings (SSSR count). The van der Waals surface area contributed by atoms with Crippen LogP contribution in [0.5, 0.6) is 0 Å². The molecule has 3 aromatic carbocycles. The first kappa shape index (κ1) is 26.4. The van der Waals surface area contributed by atoms with E-state index in [1.807, 2.05) is 48.5 Å². The van der Waals surface area contributed by atoms with E-state index in [0.29, 0.717) is 24.4 Å². The second-order valence-electron chi connectivity index (χ2n) is 9.36. The Bertz CT molecular complexity index is 1610. The summed E-state index contributed by atoms with van der Waals surface area (Å²) in [7, 11) is -3.87. The molecule has 0 bridgehead atoms. The molecule has 39 heavy (non-hydrogen) atoms. The van der Waals surface area contributed by atoms with Gasteiger partial charge >= 0.3 is 0 Å².